The van der Waals surface area contributed by atoms with Gasteiger partial charge in [0, 0.05) is 11.8 Å². The number of pyridine rings is 1. The lowest BCUT2D eigenvalue weighted by Crippen LogP contribution is -2.10. The molecule has 1 atom stereocenters. The number of ether oxygens (including phenoxy) is 1. The lowest BCUT2D eigenvalue weighted by molar-refractivity contribution is 0.253. The molecule has 2 aromatic heterocycles. The molecule has 0 spiro atoms. The van der Waals surface area contributed by atoms with E-state index in [-0.39, 0.29) is 12.7 Å². The van der Waals surface area contributed by atoms with Crippen LogP contribution in [0.4, 0.5) is 0 Å². The monoisotopic (exact) mass is 292 g/mol. The molecule has 0 saturated heterocycles. The van der Waals surface area contributed by atoms with Gasteiger partial charge in [-0.05, 0) is 24.6 Å². The molecule has 1 aliphatic rings. The van der Waals surface area contributed by atoms with Gasteiger partial charge in [-0.3, -0.25) is 4.40 Å². The quantitative estimate of drug-likeness (QED) is 0.788. The first-order chi connectivity index (χ1) is 10.8. The summed E-state index contributed by atoms with van der Waals surface area (Å²) in [7, 11) is 0. The van der Waals surface area contributed by atoms with Crippen LogP contribution in [0.1, 0.15) is 28.6 Å². The van der Waals surface area contributed by atoms with E-state index in [2.05, 4.69) is 29.3 Å². The molecule has 0 bridgehead atoms. The SMILES string of the molecule is Cc1nc2c3c(ccn2c1CO)C=CC(c1ccccc1)O3. The van der Waals surface area contributed by atoms with Crippen LogP contribution in [0.5, 0.6) is 5.75 Å². The molecule has 4 nitrogen and oxygen atoms in total. The van der Waals surface area contributed by atoms with Gasteiger partial charge in [0.25, 0.3) is 0 Å². The third-order valence-corrected chi connectivity index (χ3v) is 4.05. The van der Waals surface area contributed by atoms with Crippen LogP contribution in [0.3, 0.4) is 0 Å². The Morgan fingerprint density at radius 2 is 2.05 bits per heavy atom. The third kappa shape index (κ3) is 1.92. The van der Waals surface area contributed by atoms with Crippen molar-refractivity contribution in [1.29, 1.82) is 0 Å². The first-order valence-corrected chi connectivity index (χ1v) is 7.29. The van der Waals surface area contributed by atoms with Gasteiger partial charge in [-0.25, -0.2) is 4.98 Å². The van der Waals surface area contributed by atoms with Crippen molar-refractivity contribution in [1.82, 2.24) is 9.38 Å². The molecule has 0 aliphatic carbocycles. The third-order valence-electron chi connectivity index (χ3n) is 4.05. The highest BCUT2D eigenvalue weighted by Crippen LogP contribution is 2.36. The zero-order valence-electron chi connectivity index (χ0n) is 12.2. The Morgan fingerprint density at radius 3 is 2.82 bits per heavy atom. The van der Waals surface area contributed by atoms with Crippen LogP contribution < -0.4 is 4.74 Å². The maximum Gasteiger partial charge on any atom is 0.180 e. The van der Waals surface area contributed by atoms with Crippen molar-refractivity contribution >= 4 is 11.7 Å². The minimum absolute atomic E-state index is 0.0380. The molecular weight excluding hydrogens is 276 g/mol. The van der Waals surface area contributed by atoms with Crippen molar-refractivity contribution in [3.05, 3.63) is 71.2 Å². The van der Waals surface area contributed by atoms with Gasteiger partial charge in [-0.2, -0.15) is 0 Å². The van der Waals surface area contributed by atoms with Crippen LogP contribution in [0.15, 0.2) is 48.7 Å². The summed E-state index contributed by atoms with van der Waals surface area (Å²) in [6.07, 6.45) is 5.93. The molecule has 3 heterocycles. The van der Waals surface area contributed by atoms with Gasteiger partial charge in [-0.1, -0.05) is 36.4 Å². The predicted molar refractivity (Wildman–Crippen MR) is 84.7 cm³/mol. The number of hydrogen-bond donors (Lipinski definition) is 1. The van der Waals surface area contributed by atoms with Crippen LogP contribution in [0, 0.1) is 6.92 Å². The summed E-state index contributed by atoms with van der Waals surface area (Å²) in [6.45, 7) is 1.86. The number of aryl methyl sites for hydroxylation is 1. The van der Waals surface area contributed by atoms with E-state index in [1.807, 2.05) is 41.8 Å². The highest BCUT2D eigenvalue weighted by Gasteiger charge is 2.21. The van der Waals surface area contributed by atoms with Gasteiger partial charge in [0.15, 0.2) is 11.4 Å². The molecule has 1 N–H and O–H groups in total. The second-order valence-electron chi connectivity index (χ2n) is 5.40. The first-order valence-electron chi connectivity index (χ1n) is 7.29. The predicted octanol–water partition coefficient (Wildman–Crippen LogP) is 3.28. The lowest BCUT2D eigenvalue weighted by atomic mass is 10.1. The van der Waals surface area contributed by atoms with Crippen molar-refractivity contribution < 1.29 is 9.84 Å². The van der Waals surface area contributed by atoms with Crippen molar-refractivity contribution in [3.63, 3.8) is 0 Å². The van der Waals surface area contributed by atoms with Crippen LogP contribution in [-0.4, -0.2) is 14.5 Å². The van der Waals surface area contributed by atoms with Gasteiger partial charge < -0.3 is 9.84 Å². The molecule has 1 unspecified atom stereocenters. The molecule has 3 aromatic rings. The zero-order valence-corrected chi connectivity index (χ0v) is 12.2. The molecule has 1 aliphatic heterocycles. The van der Waals surface area contributed by atoms with E-state index in [0.717, 1.165) is 33.9 Å². The number of hydrogen-bond acceptors (Lipinski definition) is 3. The maximum atomic E-state index is 9.52. The van der Waals surface area contributed by atoms with Crippen molar-refractivity contribution in [3.8, 4) is 5.75 Å². The maximum absolute atomic E-state index is 9.52. The summed E-state index contributed by atoms with van der Waals surface area (Å²) >= 11 is 0. The van der Waals surface area contributed by atoms with E-state index >= 15 is 0 Å². The lowest BCUT2D eigenvalue weighted by Gasteiger charge is -2.22. The fourth-order valence-corrected chi connectivity index (χ4v) is 2.88. The van der Waals surface area contributed by atoms with E-state index in [1.54, 1.807) is 0 Å². The number of imidazole rings is 1. The Labute approximate surface area is 128 Å². The van der Waals surface area contributed by atoms with Crippen molar-refractivity contribution in [2.24, 2.45) is 0 Å². The van der Waals surface area contributed by atoms with E-state index in [9.17, 15) is 5.11 Å². The molecule has 4 rings (SSSR count). The molecule has 1 aromatic carbocycles. The molecule has 0 amide bonds. The fraction of sp³-hybridized carbons (Fsp3) is 0.167. The summed E-state index contributed by atoms with van der Waals surface area (Å²) in [5.74, 6) is 0.765. The van der Waals surface area contributed by atoms with Crippen molar-refractivity contribution in [2.75, 3.05) is 0 Å². The van der Waals surface area contributed by atoms with E-state index in [4.69, 9.17) is 4.74 Å². The second-order valence-corrected chi connectivity index (χ2v) is 5.40. The van der Waals surface area contributed by atoms with Crippen LogP contribution in [0.2, 0.25) is 0 Å². The number of aliphatic hydroxyl groups excluding tert-OH is 1. The zero-order chi connectivity index (χ0) is 15.1. The van der Waals surface area contributed by atoms with Gasteiger partial charge in [-0.15, -0.1) is 0 Å². The van der Waals surface area contributed by atoms with Crippen LogP contribution in [-0.2, 0) is 6.61 Å². The summed E-state index contributed by atoms with van der Waals surface area (Å²) in [5.41, 5.74) is 4.49. The van der Waals surface area contributed by atoms with Crippen molar-refractivity contribution in [2.45, 2.75) is 19.6 Å². The minimum Gasteiger partial charge on any atom is -0.477 e. The molecule has 0 radical (unpaired) electrons. The Hall–Kier alpha value is -2.59. The Balaban J connectivity index is 1.85. The summed E-state index contributed by atoms with van der Waals surface area (Å²) < 4.78 is 8.09. The Bertz CT molecular complexity index is 866. The number of aliphatic hydroxyl groups is 1. The Morgan fingerprint density at radius 1 is 1.23 bits per heavy atom. The standard InChI is InChI=1S/C18H16N2O2/c1-12-15(11-21)20-10-9-14-7-8-16(13-5-3-2-4-6-13)22-17(14)18(20)19-12/h2-10,16,21H,11H2,1H3. The normalized spacial score (nSPS) is 16.5. The minimum atomic E-state index is -0.116. The molecule has 110 valence electrons. The topological polar surface area (TPSA) is 46.8 Å². The average molecular weight is 292 g/mol. The highest BCUT2D eigenvalue weighted by molar-refractivity contribution is 5.71. The van der Waals surface area contributed by atoms with E-state index in [1.165, 1.54) is 0 Å². The smallest absolute Gasteiger partial charge is 0.180 e. The number of rotatable bonds is 2. The molecule has 0 fully saturated rings. The Kier molecular flexibility index (Phi) is 2.98. The number of nitrogens with zero attached hydrogens (tertiary/aromatic N) is 2. The van der Waals surface area contributed by atoms with Gasteiger partial charge in [0.1, 0.15) is 6.10 Å². The molecule has 4 heteroatoms. The van der Waals surface area contributed by atoms with Gasteiger partial charge in [0.05, 0.1) is 18.0 Å². The van der Waals surface area contributed by atoms with Crippen LogP contribution >= 0.6 is 0 Å². The van der Waals surface area contributed by atoms with Gasteiger partial charge in [0.2, 0.25) is 0 Å². The number of benzene rings is 1. The number of fused-ring (bicyclic) bond motifs is 3. The largest absolute Gasteiger partial charge is 0.477 e. The highest BCUT2D eigenvalue weighted by atomic mass is 16.5. The van der Waals surface area contributed by atoms with E-state index < -0.39 is 0 Å². The van der Waals surface area contributed by atoms with Crippen LogP contribution in [0.25, 0.3) is 11.7 Å². The molecule has 0 saturated carbocycles. The summed E-state index contributed by atoms with van der Waals surface area (Å²) in [4.78, 5) is 4.57. The summed E-state index contributed by atoms with van der Waals surface area (Å²) in [6, 6.07) is 12.1. The molecular formula is C18H16N2O2. The first kappa shape index (κ1) is 13.1. The van der Waals surface area contributed by atoms with Gasteiger partial charge >= 0.3 is 0 Å². The number of aromatic nitrogens is 2. The average Bonchev–Trinajstić information content (AvgIpc) is 2.90. The second kappa shape index (κ2) is 5.00. The summed E-state index contributed by atoms with van der Waals surface area (Å²) in [5, 5.41) is 9.52. The fourth-order valence-electron chi connectivity index (χ4n) is 2.88. The van der Waals surface area contributed by atoms with E-state index in [0.29, 0.717) is 0 Å². The molecule has 22 heavy (non-hydrogen) atoms.